The number of hydrogen-bond donors (Lipinski definition) is 1. The molecular weight excluding hydrogens is 310 g/mol. The number of unbranched alkanes of at least 4 members (excludes halogenated alkanes) is 1. The molecular formula is C18H30BrN. The predicted octanol–water partition coefficient (Wildman–Crippen LogP) is 5.58. The Bertz CT molecular complexity index is 389. The van der Waals surface area contributed by atoms with Gasteiger partial charge in [0.1, 0.15) is 0 Å². The summed E-state index contributed by atoms with van der Waals surface area (Å²) in [7, 11) is 0. The van der Waals surface area contributed by atoms with E-state index in [1.165, 1.54) is 35.7 Å². The molecule has 0 heterocycles. The molecule has 0 aliphatic rings. The number of rotatable bonds is 9. The highest BCUT2D eigenvalue weighted by Gasteiger charge is 2.28. The first kappa shape index (κ1) is 17.7. The van der Waals surface area contributed by atoms with Crippen LogP contribution in [0.4, 0.5) is 0 Å². The summed E-state index contributed by atoms with van der Waals surface area (Å²) in [6.07, 6.45) is 6.29. The molecule has 1 N–H and O–H groups in total. The Hall–Kier alpha value is -0.340. The van der Waals surface area contributed by atoms with Crippen LogP contribution in [-0.2, 0) is 6.42 Å². The number of halogens is 1. The lowest BCUT2D eigenvalue weighted by molar-refractivity contribution is 0.222. The minimum atomic E-state index is 0.379. The number of nitrogens with one attached hydrogen (secondary N) is 1. The topological polar surface area (TPSA) is 12.0 Å². The van der Waals surface area contributed by atoms with Crippen molar-refractivity contribution in [3.63, 3.8) is 0 Å². The average Bonchev–Trinajstić information content (AvgIpc) is 2.44. The molecule has 0 aromatic heterocycles. The van der Waals surface area contributed by atoms with Crippen molar-refractivity contribution in [2.24, 2.45) is 5.41 Å². The van der Waals surface area contributed by atoms with Crippen molar-refractivity contribution in [1.29, 1.82) is 0 Å². The quantitative estimate of drug-likeness (QED) is 0.619. The minimum Gasteiger partial charge on any atom is -0.314 e. The molecule has 0 fully saturated rings. The first-order valence-corrected chi connectivity index (χ1v) is 8.79. The van der Waals surface area contributed by atoms with Crippen LogP contribution in [0.15, 0.2) is 28.7 Å². The zero-order valence-electron chi connectivity index (χ0n) is 13.5. The smallest absolute Gasteiger partial charge is 0.0207 e. The lowest BCUT2D eigenvalue weighted by Gasteiger charge is -2.35. The van der Waals surface area contributed by atoms with Crippen LogP contribution < -0.4 is 5.32 Å². The SMILES string of the molecule is CCCCC(CC)(CNC(C)C)Cc1ccccc1Br. The summed E-state index contributed by atoms with van der Waals surface area (Å²) in [5, 5.41) is 3.67. The summed E-state index contributed by atoms with van der Waals surface area (Å²) < 4.78 is 1.25. The van der Waals surface area contributed by atoms with Crippen LogP contribution >= 0.6 is 15.9 Å². The third-order valence-corrected chi connectivity index (χ3v) is 4.99. The van der Waals surface area contributed by atoms with Gasteiger partial charge in [-0.3, -0.25) is 0 Å². The Morgan fingerprint density at radius 1 is 1.20 bits per heavy atom. The van der Waals surface area contributed by atoms with Gasteiger partial charge >= 0.3 is 0 Å². The zero-order chi connectivity index (χ0) is 15.0. The fourth-order valence-corrected chi connectivity index (χ4v) is 3.11. The van der Waals surface area contributed by atoms with Crippen LogP contribution in [0.1, 0.15) is 58.9 Å². The molecule has 1 rings (SSSR count). The van der Waals surface area contributed by atoms with E-state index in [-0.39, 0.29) is 0 Å². The van der Waals surface area contributed by atoms with Gasteiger partial charge in [-0.15, -0.1) is 0 Å². The molecule has 0 aliphatic heterocycles. The molecule has 0 saturated carbocycles. The highest BCUT2D eigenvalue weighted by molar-refractivity contribution is 9.10. The summed E-state index contributed by atoms with van der Waals surface area (Å²) in [5.41, 5.74) is 1.82. The molecule has 2 heteroatoms. The third-order valence-electron chi connectivity index (χ3n) is 4.22. The summed E-state index contributed by atoms with van der Waals surface area (Å²) in [6.45, 7) is 10.2. The molecule has 0 amide bonds. The first-order chi connectivity index (χ1) is 9.53. The summed E-state index contributed by atoms with van der Waals surface area (Å²) in [4.78, 5) is 0. The fraction of sp³-hybridized carbons (Fsp3) is 0.667. The normalized spacial score (nSPS) is 14.5. The third kappa shape index (κ3) is 5.57. The maximum atomic E-state index is 3.71. The van der Waals surface area contributed by atoms with Crippen molar-refractivity contribution in [2.45, 2.75) is 65.8 Å². The molecule has 1 aromatic rings. The molecule has 0 bridgehead atoms. The van der Waals surface area contributed by atoms with E-state index in [9.17, 15) is 0 Å². The second-order valence-corrected chi connectivity index (χ2v) is 7.12. The van der Waals surface area contributed by atoms with E-state index < -0.39 is 0 Å². The maximum Gasteiger partial charge on any atom is 0.0207 e. The largest absolute Gasteiger partial charge is 0.314 e. The molecule has 1 aromatic carbocycles. The first-order valence-electron chi connectivity index (χ1n) is 8.00. The van der Waals surface area contributed by atoms with Crippen molar-refractivity contribution in [1.82, 2.24) is 5.32 Å². The van der Waals surface area contributed by atoms with E-state index >= 15 is 0 Å². The minimum absolute atomic E-state index is 0.379. The highest BCUT2D eigenvalue weighted by atomic mass is 79.9. The van der Waals surface area contributed by atoms with Gasteiger partial charge in [-0.1, -0.05) is 74.7 Å². The Balaban J connectivity index is 2.87. The van der Waals surface area contributed by atoms with Gasteiger partial charge in [-0.05, 0) is 36.3 Å². The van der Waals surface area contributed by atoms with E-state index in [0.717, 1.165) is 13.0 Å². The fourth-order valence-electron chi connectivity index (χ4n) is 2.68. The van der Waals surface area contributed by atoms with Gasteiger partial charge in [-0.25, -0.2) is 0 Å². The maximum absolute atomic E-state index is 3.71. The van der Waals surface area contributed by atoms with Crippen LogP contribution in [0.2, 0.25) is 0 Å². The van der Waals surface area contributed by atoms with Crippen molar-refractivity contribution in [2.75, 3.05) is 6.54 Å². The van der Waals surface area contributed by atoms with Gasteiger partial charge in [0.2, 0.25) is 0 Å². The van der Waals surface area contributed by atoms with Crippen molar-refractivity contribution < 1.29 is 0 Å². The van der Waals surface area contributed by atoms with E-state index in [1.807, 2.05) is 0 Å². The molecule has 1 atom stereocenters. The summed E-state index contributed by atoms with van der Waals surface area (Å²) in [6, 6.07) is 9.22. The van der Waals surface area contributed by atoms with E-state index in [0.29, 0.717) is 11.5 Å². The summed E-state index contributed by atoms with van der Waals surface area (Å²) >= 11 is 3.71. The Morgan fingerprint density at radius 3 is 2.45 bits per heavy atom. The molecule has 0 saturated heterocycles. The van der Waals surface area contributed by atoms with Crippen LogP contribution in [0.25, 0.3) is 0 Å². The van der Waals surface area contributed by atoms with Gasteiger partial charge in [0, 0.05) is 17.1 Å². The Morgan fingerprint density at radius 2 is 1.90 bits per heavy atom. The van der Waals surface area contributed by atoms with Crippen LogP contribution in [0.3, 0.4) is 0 Å². The monoisotopic (exact) mass is 339 g/mol. The van der Waals surface area contributed by atoms with E-state index in [4.69, 9.17) is 0 Å². The van der Waals surface area contributed by atoms with Crippen molar-refractivity contribution in [3.8, 4) is 0 Å². The molecule has 0 radical (unpaired) electrons. The number of benzene rings is 1. The molecule has 0 aliphatic carbocycles. The lowest BCUT2D eigenvalue weighted by atomic mass is 9.75. The molecule has 1 unspecified atom stereocenters. The molecule has 20 heavy (non-hydrogen) atoms. The van der Waals surface area contributed by atoms with Crippen molar-refractivity contribution in [3.05, 3.63) is 34.3 Å². The second-order valence-electron chi connectivity index (χ2n) is 6.26. The van der Waals surface area contributed by atoms with Gasteiger partial charge in [-0.2, -0.15) is 0 Å². The van der Waals surface area contributed by atoms with Gasteiger partial charge in [0.05, 0.1) is 0 Å². The second kappa shape index (κ2) is 8.84. The standard InChI is InChI=1S/C18H30BrN/c1-5-7-12-18(6-2,14-20-15(3)4)13-16-10-8-9-11-17(16)19/h8-11,15,20H,5-7,12-14H2,1-4H3. The van der Waals surface area contributed by atoms with Gasteiger partial charge < -0.3 is 5.32 Å². The Labute approximate surface area is 133 Å². The molecule has 114 valence electrons. The molecule has 1 nitrogen and oxygen atoms in total. The lowest BCUT2D eigenvalue weighted by Crippen LogP contribution is -2.39. The highest BCUT2D eigenvalue weighted by Crippen LogP contribution is 2.34. The van der Waals surface area contributed by atoms with Crippen LogP contribution in [0, 0.1) is 5.41 Å². The van der Waals surface area contributed by atoms with E-state index in [2.05, 4.69) is 73.2 Å². The number of hydrogen-bond acceptors (Lipinski definition) is 1. The molecule has 0 spiro atoms. The predicted molar refractivity (Wildman–Crippen MR) is 93.2 cm³/mol. The Kier molecular flexibility index (Phi) is 7.83. The zero-order valence-corrected chi connectivity index (χ0v) is 15.1. The average molecular weight is 340 g/mol. The summed E-state index contributed by atoms with van der Waals surface area (Å²) in [5.74, 6) is 0. The van der Waals surface area contributed by atoms with Crippen LogP contribution in [0.5, 0.6) is 0 Å². The van der Waals surface area contributed by atoms with Gasteiger partial charge in [0.15, 0.2) is 0 Å². The van der Waals surface area contributed by atoms with E-state index in [1.54, 1.807) is 0 Å². The van der Waals surface area contributed by atoms with Crippen LogP contribution in [-0.4, -0.2) is 12.6 Å². The van der Waals surface area contributed by atoms with Gasteiger partial charge in [0.25, 0.3) is 0 Å². The van der Waals surface area contributed by atoms with Crippen molar-refractivity contribution >= 4 is 15.9 Å².